The van der Waals surface area contributed by atoms with Gasteiger partial charge in [-0.2, -0.15) is 0 Å². The first-order valence-corrected chi connectivity index (χ1v) is 10.2. The fraction of sp³-hybridized carbons (Fsp3) is 0.429. The second-order valence-corrected chi connectivity index (χ2v) is 7.75. The van der Waals surface area contributed by atoms with Crippen LogP contribution in [0.25, 0.3) is 0 Å². The molecule has 2 unspecified atom stereocenters. The van der Waals surface area contributed by atoms with Crippen molar-refractivity contribution in [3.63, 3.8) is 0 Å². The van der Waals surface area contributed by atoms with E-state index in [1.807, 2.05) is 42.6 Å². The highest BCUT2D eigenvalue weighted by atomic mass is 32.1. The molecule has 4 nitrogen and oxygen atoms in total. The third-order valence-corrected chi connectivity index (χ3v) is 6.10. The van der Waals surface area contributed by atoms with Crippen molar-refractivity contribution in [1.82, 2.24) is 10.2 Å². The molecule has 1 N–H and O–H groups in total. The molecule has 1 aromatic heterocycles. The number of nitrogens with one attached hydrogen (secondary N) is 1. The van der Waals surface area contributed by atoms with Gasteiger partial charge >= 0.3 is 0 Å². The monoisotopic (exact) mass is 370 g/mol. The van der Waals surface area contributed by atoms with Crippen molar-refractivity contribution in [2.45, 2.75) is 39.8 Å². The highest BCUT2D eigenvalue weighted by Crippen LogP contribution is 2.29. The van der Waals surface area contributed by atoms with Crippen LogP contribution in [-0.2, 0) is 17.6 Å². The molecule has 0 saturated carbocycles. The number of rotatable bonds is 7. The summed E-state index contributed by atoms with van der Waals surface area (Å²) in [5.74, 6) is 0.118. The molecule has 1 heterocycles. The topological polar surface area (TPSA) is 49.4 Å². The van der Waals surface area contributed by atoms with Crippen LogP contribution >= 0.6 is 11.3 Å². The summed E-state index contributed by atoms with van der Waals surface area (Å²) in [4.78, 5) is 28.2. The van der Waals surface area contributed by atoms with Gasteiger partial charge in [-0.25, -0.2) is 0 Å². The zero-order valence-electron chi connectivity index (χ0n) is 15.6. The summed E-state index contributed by atoms with van der Waals surface area (Å²) >= 11 is 1.46. The first kappa shape index (κ1) is 18.8. The van der Waals surface area contributed by atoms with E-state index >= 15 is 0 Å². The molecule has 0 aliphatic heterocycles. The Hall–Kier alpha value is -1.98. The molecule has 3 rings (SSSR count). The molecule has 26 heavy (non-hydrogen) atoms. The van der Waals surface area contributed by atoms with Crippen LogP contribution in [0.4, 0.5) is 0 Å². The van der Waals surface area contributed by atoms with E-state index in [9.17, 15) is 9.59 Å². The maximum atomic E-state index is 12.7. The van der Waals surface area contributed by atoms with Crippen LogP contribution in [0, 0.1) is 5.92 Å². The normalized spacial score (nSPS) is 17.2. The van der Waals surface area contributed by atoms with Gasteiger partial charge in [-0.3, -0.25) is 14.5 Å². The summed E-state index contributed by atoms with van der Waals surface area (Å²) in [6.07, 6.45) is 1.49. The zero-order valence-corrected chi connectivity index (χ0v) is 16.4. The van der Waals surface area contributed by atoms with Crippen molar-refractivity contribution < 1.29 is 9.59 Å². The highest BCUT2D eigenvalue weighted by Gasteiger charge is 2.29. The Morgan fingerprint density at radius 1 is 1.19 bits per heavy atom. The van der Waals surface area contributed by atoms with Crippen molar-refractivity contribution in [1.29, 1.82) is 0 Å². The Bertz CT molecular complexity index is 781. The van der Waals surface area contributed by atoms with Gasteiger partial charge in [0.2, 0.25) is 11.7 Å². The van der Waals surface area contributed by atoms with Crippen molar-refractivity contribution in [2.75, 3.05) is 13.1 Å². The predicted molar refractivity (Wildman–Crippen MR) is 106 cm³/mol. The number of benzene rings is 1. The lowest BCUT2D eigenvalue weighted by Crippen LogP contribution is -2.48. The van der Waals surface area contributed by atoms with Crippen LogP contribution in [0.3, 0.4) is 0 Å². The van der Waals surface area contributed by atoms with Crippen molar-refractivity contribution >= 4 is 23.0 Å². The van der Waals surface area contributed by atoms with Crippen molar-refractivity contribution in [2.24, 2.45) is 5.92 Å². The Kier molecular flexibility index (Phi) is 5.89. The van der Waals surface area contributed by atoms with Gasteiger partial charge in [-0.1, -0.05) is 32.0 Å². The molecular formula is C21H26N2O2S. The molecule has 0 bridgehead atoms. The van der Waals surface area contributed by atoms with Gasteiger partial charge in [0.25, 0.3) is 0 Å². The lowest BCUT2D eigenvalue weighted by Gasteiger charge is -2.28. The lowest BCUT2D eigenvalue weighted by molar-refractivity contribution is -0.126. The molecule has 2 aromatic rings. The molecule has 1 aliphatic carbocycles. The summed E-state index contributed by atoms with van der Waals surface area (Å²) in [5, 5.41) is 5.05. The number of carbonyl (C=O) groups excluding carboxylic acids is 2. The molecule has 0 fully saturated rings. The van der Waals surface area contributed by atoms with Crippen LogP contribution < -0.4 is 5.32 Å². The number of hydrogen-bond donors (Lipinski definition) is 1. The smallest absolute Gasteiger partial charge is 0.224 e. The van der Waals surface area contributed by atoms with Gasteiger partial charge < -0.3 is 5.32 Å². The quantitative estimate of drug-likeness (QED) is 0.599. The number of carbonyl (C=O) groups is 2. The second-order valence-electron chi connectivity index (χ2n) is 6.80. The molecule has 1 aliphatic rings. The van der Waals surface area contributed by atoms with E-state index in [1.165, 1.54) is 16.9 Å². The number of ketones is 1. The number of fused-ring (bicyclic) bond motifs is 1. The molecule has 2 atom stereocenters. The van der Waals surface area contributed by atoms with Gasteiger partial charge in [0.05, 0.1) is 11.0 Å². The maximum absolute atomic E-state index is 12.7. The summed E-state index contributed by atoms with van der Waals surface area (Å²) in [6, 6.07) is 9.61. The fourth-order valence-corrected chi connectivity index (χ4v) is 4.37. The molecule has 0 spiro atoms. The van der Waals surface area contributed by atoms with Crippen molar-refractivity contribution in [3.05, 3.63) is 57.3 Å². The number of nitrogens with zero attached hydrogens (tertiary/aromatic N) is 1. The Morgan fingerprint density at radius 2 is 1.92 bits per heavy atom. The molecule has 0 saturated heterocycles. The molecular weight excluding hydrogens is 344 g/mol. The molecule has 1 aromatic carbocycles. The second kappa shape index (κ2) is 8.14. The third-order valence-electron chi connectivity index (χ3n) is 5.23. The molecule has 0 radical (unpaired) electrons. The average molecular weight is 371 g/mol. The first-order valence-electron chi connectivity index (χ1n) is 9.27. The van der Waals surface area contributed by atoms with Gasteiger partial charge in [0.1, 0.15) is 0 Å². The molecule has 138 valence electrons. The van der Waals surface area contributed by atoms with Crippen LogP contribution in [0.1, 0.15) is 47.1 Å². The minimum absolute atomic E-state index is 0.0391. The Balaban J connectivity index is 1.67. The third kappa shape index (κ3) is 3.89. The first-order chi connectivity index (χ1) is 12.5. The van der Waals surface area contributed by atoms with Crippen LogP contribution in [-0.4, -0.2) is 35.8 Å². The standard InChI is InChI=1S/C21H26N2O2S/c1-4-23(5-2)14(3)22-21(25)18-11-15-8-9-16(12-17(15)13-18)20(24)19-7-6-10-26-19/h6-10,12,14,18H,4-5,11,13H2,1-3H3,(H,22,25). The van der Waals surface area contributed by atoms with E-state index in [0.717, 1.165) is 30.0 Å². The zero-order chi connectivity index (χ0) is 18.7. The van der Waals surface area contributed by atoms with E-state index < -0.39 is 0 Å². The van der Waals surface area contributed by atoms with Gasteiger partial charge in [0, 0.05) is 11.5 Å². The summed E-state index contributed by atoms with van der Waals surface area (Å²) < 4.78 is 0. The van der Waals surface area contributed by atoms with E-state index in [1.54, 1.807) is 0 Å². The number of thiophene rings is 1. The van der Waals surface area contributed by atoms with Gasteiger partial charge in [-0.05, 0) is 61.5 Å². The van der Waals surface area contributed by atoms with Crippen LogP contribution in [0.15, 0.2) is 35.7 Å². The summed E-state index contributed by atoms with van der Waals surface area (Å²) in [7, 11) is 0. The number of amides is 1. The number of hydrogen-bond acceptors (Lipinski definition) is 4. The fourth-order valence-electron chi connectivity index (χ4n) is 3.68. The van der Waals surface area contributed by atoms with E-state index in [0.29, 0.717) is 12.0 Å². The minimum atomic E-state index is -0.0462. The highest BCUT2D eigenvalue weighted by molar-refractivity contribution is 7.12. The van der Waals surface area contributed by atoms with Crippen LogP contribution in [0.2, 0.25) is 0 Å². The minimum Gasteiger partial charge on any atom is -0.341 e. The lowest BCUT2D eigenvalue weighted by atomic mass is 10.0. The predicted octanol–water partition coefficient (Wildman–Crippen LogP) is 3.50. The van der Waals surface area contributed by atoms with Gasteiger partial charge in [-0.15, -0.1) is 11.3 Å². The largest absolute Gasteiger partial charge is 0.341 e. The van der Waals surface area contributed by atoms with E-state index in [4.69, 9.17) is 0 Å². The summed E-state index contributed by atoms with van der Waals surface area (Å²) in [5.41, 5.74) is 3.02. The maximum Gasteiger partial charge on any atom is 0.224 e. The van der Waals surface area contributed by atoms with E-state index in [2.05, 4.69) is 24.1 Å². The molecule has 1 amide bonds. The van der Waals surface area contributed by atoms with Crippen molar-refractivity contribution in [3.8, 4) is 0 Å². The average Bonchev–Trinajstić information content (AvgIpc) is 3.31. The Morgan fingerprint density at radius 3 is 2.58 bits per heavy atom. The van der Waals surface area contributed by atoms with Crippen LogP contribution in [0.5, 0.6) is 0 Å². The van der Waals surface area contributed by atoms with Gasteiger partial charge in [0.15, 0.2) is 0 Å². The van der Waals surface area contributed by atoms with E-state index in [-0.39, 0.29) is 23.8 Å². The summed E-state index contributed by atoms with van der Waals surface area (Å²) in [6.45, 7) is 8.06. The molecule has 5 heteroatoms. The Labute approximate surface area is 159 Å². The SMILES string of the molecule is CCN(CC)C(C)NC(=O)C1Cc2ccc(C(=O)c3cccs3)cc2C1.